The molecule has 0 fully saturated rings. The SMILES string of the molecule is S=S1(=S)C=CN=C1.c1ccccc1. The molecule has 1 aliphatic rings. The van der Waals surface area contributed by atoms with Gasteiger partial charge in [-0.2, -0.15) is 0 Å². The molecule has 0 amide bonds. The van der Waals surface area contributed by atoms with Crippen LogP contribution in [0.1, 0.15) is 0 Å². The van der Waals surface area contributed by atoms with Gasteiger partial charge < -0.3 is 0 Å². The molecule has 0 saturated carbocycles. The third-order valence-corrected chi connectivity index (χ3v) is 3.31. The van der Waals surface area contributed by atoms with E-state index in [0.717, 1.165) is 0 Å². The summed E-state index contributed by atoms with van der Waals surface area (Å²) in [7, 11) is -1.35. The zero-order chi connectivity index (χ0) is 9.57. The smallest absolute Gasteiger partial charge is 0.0718 e. The van der Waals surface area contributed by atoms with Gasteiger partial charge in [0.1, 0.15) is 0 Å². The molecule has 13 heavy (non-hydrogen) atoms. The van der Waals surface area contributed by atoms with Crippen LogP contribution in [0, 0.1) is 0 Å². The maximum atomic E-state index is 4.87. The highest BCUT2D eigenvalue weighted by atomic mass is 33.1. The Labute approximate surface area is 88.0 Å². The van der Waals surface area contributed by atoms with Crippen molar-refractivity contribution in [1.29, 1.82) is 0 Å². The Bertz CT molecular complexity index is 345. The molecule has 1 heterocycles. The van der Waals surface area contributed by atoms with Gasteiger partial charge >= 0.3 is 0 Å². The lowest BCUT2D eigenvalue weighted by Crippen LogP contribution is -1.83. The highest BCUT2D eigenvalue weighted by Gasteiger charge is 1.92. The second-order valence-electron chi connectivity index (χ2n) is 2.28. The Morgan fingerprint density at radius 3 is 1.46 bits per heavy atom. The third kappa shape index (κ3) is 4.87. The lowest BCUT2D eigenvalue weighted by molar-refractivity contribution is 1.65. The van der Waals surface area contributed by atoms with E-state index in [-0.39, 0.29) is 0 Å². The summed E-state index contributed by atoms with van der Waals surface area (Å²) in [6, 6.07) is 12.0. The Hall–Kier alpha value is -0.580. The van der Waals surface area contributed by atoms with Gasteiger partial charge in [0, 0.05) is 11.6 Å². The molecule has 4 heteroatoms. The minimum atomic E-state index is -1.35. The minimum Gasteiger partial charge on any atom is -0.256 e. The number of benzene rings is 1. The van der Waals surface area contributed by atoms with Gasteiger partial charge in [-0.3, -0.25) is 4.99 Å². The first-order valence-electron chi connectivity index (χ1n) is 3.65. The van der Waals surface area contributed by atoms with E-state index in [0.29, 0.717) is 0 Å². The van der Waals surface area contributed by atoms with Crippen LogP contribution in [0.3, 0.4) is 0 Å². The molecule has 0 radical (unpaired) electrons. The molecule has 0 N–H and O–H groups in total. The van der Waals surface area contributed by atoms with Gasteiger partial charge in [0.25, 0.3) is 0 Å². The second kappa shape index (κ2) is 5.21. The lowest BCUT2D eigenvalue weighted by Gasteiger charge is -1.80. The summed E-state index contributed by atoms with van der Waals surface area (Å²) in [5.41, 5.74) is 1.65. The predicted octanol–water partition coefficient (Wildman–Crippen LogP) is 2.26. The first kappa shape index (κ1) is 10.5. The standard InChI is InChI=1S/C6H6.C3H3NS3/c1-2-4-6-5-3-1;5-7(6)2-1-4-3-7/h1-6H;1-3H. The van der Waals surface area contributed by atoms with Crippen LogP contribution >= 0.6 is 0 Å². The van der Waals surface area contributed by atoms with E-state index in [4.69, 9.17) is 22.4 Å². The van der Waals surface area contributed by atoms with Crippen LogP contribution in [0.2, 0.25) is 0 Å². The Balaban J connectivity index is 0.000000132. The molecule has 1 nitrogen and oxygen atoms in total. The predicted molar refractivity (Wildman–Crippen MR) is 66.2 cm³/mol. The third-order valence-electron chi connectivity index (χ3n) is 1.21. The summed E-state index contributed by atoms with van der Waals surface area (Å²) in [6.07, 6.45) is 1.66. The van der Waals surface area contributed by atoms with Crippen molar-refractivity contribution in [2.75, 3.05) is 0 Å². The molecule has 0 unspecified atom stereocenters. The van der Waals surface area contributed by atoms with E-state index in [2.05, 4.69) is 4.99 Å². The minimum absolute atomic E-state index is 1.35. The van der Waals surface area contributed by atoms with Gasteiger partial charge in [-0.15, -0.1) is 0 Å². The van der Waals surface area contributed by atoms with Crippen LogP contribution < -0.4 is 0 Å². The average Bonchev–Trinajstić information content (AvgIpc) is 2.54. The molecule has 0 aliphatic carbocycles. The van der Waals surface area contributed by atoms with Crippen molar-refractivity contribution in [2.45, 2.75) is 0 Å². The topological polar surface area (TPSA) is 12.4 Å². The van der Waals surface area contributed by atoms with Crippen LogP contribution in [-0.2, 0) is 29.5 Å². The van der Waals surface area contributed by atoms with E-state index >= 15 is 0 Å². The van der Waals surface area contributed by atoms with E-state index in [1.165, 1.54) is 0 Å². The van der Waals surface area contributed by atoms with Crippen LogP contribution in [0.25, 0.3) is 0 Å². The zero-order valence-electron chi connectivity index (χ0n) is 6.87. The molecular formula is C9H9NS3. The number of aliphatic imine (C=N–C) groups is 1. The fourth-order valence-electron chi connectivity index (χ4n) is 0.660. The van der Waals surface area contributed by atoms with Gasteiger partial charge in [-0.25, -0.2) is 0 Å². The molecule has 0 atom stereocenters. The summed E-state index contributed by atoms with van der Waals surface area (Å²) in [4.78, 5) is 3.76. The lowest BCUT2D eigenvalue weighted by atomic mass is 10.4. The summed E-state index contributed by atoms with van der Waals surface area (Å²) in [6.45, 7) is 0. The number of rotatable bonds is 0. The normalized spacial score (nSPS) is 16.3. The summed E-state index contributed by atoms with van der Waals surface area (Å²) in [5.74, 6) is 0. The number of hydrogen-bond acceptors (Lipinski definition) is 3. The van der Waals surface area contributed by atoms with Gasteiger partial charge in [-0.1, -0.05) is 36.4 Å². The van der Waals surface area contributed by atoms with Gasteiger partial charge in [0.05, 0.1) is 5.55 Å². The molecule has 0 spiro atoms. The monoisotopic (exact) mass is 227 g/mol. The first-order valence-corrected chi connectivity index (χ1v) is 7.26. The van der Waals surface area contributed by atoms with E-state index in [9.17, 15) is 0 Å². The summed E-state index contributed by atoms with van der Waals surface area (Å²) < 4.78 is 0. The maximum absolute atomic E-state index is 4.87. The first-order chi connectivity index (χ1) is 6.21. The fraction of sp³-hybridized carbons (Fsp3) is 0. The van der Waals surface area contributed by atoms with Crippen LogP contribution in [-0.4, -0.2) is 5.55 Å². The largest absolute Gasteiger partial charge is 0.256 e. The Morgan fingerprint density at radius 2 is 1.31 bits per heavy atom. The van der Waals surface area contributed by atoms with Crippen molar-refractivity contribution >= 4 is 35.1 Å². The maximum Gasteiger partial charge on any atom is 0.0718 e. The molecule has 0 bridgehead atoms. The average molecular weight is 227 g/mol. The van der Waals surface area contributed by atoms with E-state index in [1.54, 1.807) is 17.2 Å². The molecule has 1 aliphatic heterocycles. The number of nitrogens with zero attached hydrogens (tertiary/aromatic N) is 1. The van der Waals surface area contributed by atoms with Crippen molar-refractivity contribution in [3.63, 3.8) is 0 Å². The highest BCUT2D eigenvalue weighted by Crippen LogP contribution is 1.97. The molecule has 1 aromatic carbocycles. The molecule has 0 saturated heterocycles. The van der Waals surface area contributed by atoms with Gasteiger partial charge in [0.2, 0.25) is 0 Å². The summed E-state index contributed by atoms with van der Waals surface area (Å²) >= 11 is 9.74. The van der Waals surface area contributed by atoms with Crippen molar-refractivity contribution in [2.24, 2.45) is 4.99 Å². The van der Waals surface area contributed by atoms with Gasteiger partial charge in [-0.05, 0) is 29.5 Å². The van der Waals surface area contributed by atoms with Crippen LogP contribution in [0.5, 0.6) is 0 Å². The number of hydrogen-bond donors (Lipinski definition) is 0. The zero-order valence-corrected chi connectivity index (χ0v) is 9.32. The van der Waals surface area contributed by atoms with Crippen molar-refractivity contribution < 1.29 is 0 Å². The van der Waals surface area contributed by atoms with Crippen molar-refractivity contribution in [3.05, 3.63) is 48.0 Å². The van der Waals surface area contributed by atoms with Crippen LogP contribution in [0.15, 0.2) is 53.0 Å². The summed E-state index contributed by atoms with van der Waals surface area (Å²) in [5, 5.41) is 1.79. The molecule has 2 rings (SSSR count). The molecule has 1 aromatic rings. The van der Waals surface area contributed by atoms with E-state index < -0.39 is 7.15 Å². The van der Waals surface area contributed by atoms with Crippen molar-refractivity contribution in [3.8, 4) is 0 Å². The van der Waals surface area contributed by atoms with E-state index in [1.807, 2.05) is 36.4 Å². The Kier molecular flexibility index (Phi) is 4.21. The molecule has 0 aromatic heterocycles. The Morgan fingerprint density at radius 1 is 0.846 bits per heavy atom. The second-order valence-corrected chi connectivity index (χ2v) is 7.89. The van der Waals surface area contributed by atoms with Crippen LogP contribution in [0.4, 0.5) is 0 Å². The van der Waals surface area contributed by atoms with Crippen molar-refractivity contribution in [1.82, 2.24) is 0 Å². The quantitative estimate of drug-likeness (QED) is 0.674. The molecular weight excluding hydrogens is 218 g/mol. The molecule has 68 valence electrons. The van der Waals surface area contributed by atoms with Gasteiger partial charge in [0.15, 0.2) is 0 Å². The fourth-order valence-corrected chi connectivity index (χ4v) is 1.81. The highest BCUT2D eigenvalue weighted by molar-refractivity contribution is 8.64.